The van der Waals surface area contributed by atoms with Crippen molar-refractivity contribution in [3.63, 3.8) is 0 Å². The second-order valence-electron chi connectivity index (χ2n) is 8.94. The highest BCUT2D eigenvalue weighted by atomic mass is 16.5. The van der Waals surface area contributed by atoms with Crippen LogP contribution in [0.5, 0.6) is 0 Å². The average molecular weight is 464 g/mol. The predicted molar refractivity (Wildman–Crippen MR) is 124 cm³/mol. The van der Waals surface area contributed by atoms with Gasteiger partial charge in [0.25, 0.3) is 5.91 Å². The van der Waals surface area contributed by atoms with E-state index in [9.17, 15) is 14.4 Å². The van der Waals surface area contributed by atoms with E-state index in [4.69, 9.17) is 9.47 Å². The number of hydrogen-bond donors (Lipinski definition) is 0. The van der Waals surface area contributed by atoms with Crippen LogP contribution in [0.4, 0.5) is 0 Å². The van der Waals surface area contributed by atoms with Crippen LogP contribution in [-0.2, 0) is 20.7 Å². The van der Waals surface area contributed by atoms with E-state index in [-0.39, 0.29) is 23.9 Å². The van der Waals surface area contributed by atoms with Crippen LogP contribution in [0, 0.1) is 0 Å². The van der Waals surface area contributed by atoms with Crippen LogP contribution in [0.3, 0.4) is 0 Å². The van der Waals surface area contributed by atoms with Gasteiger partial charge in [-0.2, -0.15) is 0 Å². The summed E-state index contributed by atoms with van der Waals surface area (Å²) in [7, 11) is 0. The molecular formula is C26H29N3O5. The van der Waals surface area contributed by atoms with E-state index >= 15 is 0 Å². The Balaban J connectivity index is 1.20. The van der Waals surface area contributed by atoms with Gasteiger partial charge in [0.1, 0.15) is 6.10 Å². The van der Waals surface area contributed by atoms with Gasteiger partial charge >= 0.3 is 5.97 Å². The Kier molecular flexibility index (Phi) is 6.60. The van der Waals surface area contributed by atoms with Crippen molar-refractivity contribution in [2.24, 2.45) is 0 Å². The first-order chi connectivity index (χ1) is 16.6. The minimum absolute atomic E-state index is 0.0443. The summed E-state index contributed by atoms with van der Waals surface area (Å²) in [6.45, 7) is 5.33. The summed E-state index contributed by atoms with van der Waals surface area (Å²) in [5, 5.41) is 0. The molecule has 0 bridgehead atoms. The third kappa shape index (κ3) is 4.83. The van der Waals surface area contributed by atoms with Gasteiger partial charge in [-0.3, -0.25) is 14.5 Å². The molecular weight excluding hydrogens is 434 g/mol. The highest BCUT2D eigenvalue weighted by Gasteiger charge is 2.30. The maximum absolute atomic E-state index is 13.2. The number of amides is 2. The number of carbonyl (C=O) groups excluding carboxylic acids is 3. The van der Waals surface area contributed by atoms with E-state index in [0.29, 0.717) is 76.6 Å². The highest BCUT2D eigenvalue weighted by molar-refractivity contribution is 5.98. The van der Waals surface area contributed by atoms with E-state index < -0.39 is 0 Å². The van der Waals surface area contributed by atoms with Crippen LogP contribution in [-0.4, -0.2) is 91.5 Å². The largest absolute Gasteiger partial charge is 0.454 e. The molecule has 8 heteroatoms. The summed E-state index contributed by atoms with van der Waals surface area (Å²) in [6.07, 6.45) is 0.197. The van der Waals surface area contributed by atoms with Gasteiger partial charge in [-0.05, 0) is 29.3 Å². The molecule has 2 aromatic rings. The Morgan fingerprint density at radius 2 is 1.62 bits per heavy atom. The summed E-state index contributed by atoms with van der Waals surface area (Å²) in [4.78, 5) is 44.0. The maximum atomic E-state index is 13.2. The number of cyclic esters (lactones) is 1. The Hall–Kier alpha value is -3.23. The lowest BCUT2D eigenvalue weighted by molar-refractivity contribution is -0.136. The molecule has 34 heavy (non-hydrogen) atoms. The van der Waals surface area contributed by atoms with Crippen molar-refractivity contribution in [1.29, 1.82) is 0 Å². The number of fused-ring (bicyclic) bond motifs is 1. The van der Waals surface area contributed by atoms with Gasteiger partial charge in [0.15, 0.2) is 0 Å². The standard InChI is InChI=1S/C26H29N3O5/c30-24(28-12-14-33-15-13-28)18-27-8-10-29(11-9-27)25(31)20-6-7-22-21(16-20)17-23(34-26(22)32)19-4-2-1-3-5-19/h1-7,16,23H,8-15,17-18H2/t23-/m1/s1. The SMILES string of the molecule is O=C1O[C@@H](c2ccccc2)Cc2cc(C(=O)N3CCN(CC(=O)N4CCOCC4)CC3)ccc21. The number of rotatable bonds is 4. The normalized spacial score (nSPS) is 21.1. The van der Waals surface area contributed by atoms with Crippen molar-refractivity contribution in [1.82, 2.24) is 14.7 Å². The zero-order chi connectivity index (χ0) is 23.5. The topological polar surface area (TPSA) is 79.4 Å². The zero-order valence-electron chi connectivity index (χ0n) is 19.2. The van der Waals surface area contributed by atoms with Crippen molar-refractivity contribution in [3.8, 4) is 0 Å². The number of ether oxygens (including phenoxy) is 2. The lowest BCUT2D eigenvalue weighted by Gasteiger charge is -2.36. The molecule has 2 fully saturated rings. The second kappa shape index (κ2) is 9.95. The quantitative estimate of drug-likeness (QED) is 0.643. The molecule has 3 aliphatic rings. The van der Waals surface area contributed by atoms with Gasteiger partial charge in [-0.25, -0.2) is 4.79 Å². The van der Waals surface area contributed by atoms with Crippen LogP contribution < -0.4 is 0 Å². The molecule has 178 valence electrons. The first kappa shape index (κ1) is 22.6. The molecule has 0 spiro atoms. The Morgan fingerprint density at radius 1 is 0.882 bits per heavy atom. The molecule has 5 rings (SSSR count). The third-order valence-corrected chi connectivity index (χ3v) is 6.78. The molecule has 0 aliphatic carbocycles. The lowest BCUT2D eigenvalue weighted by Crippen LogP contribution is -2.52. The van der Waals surface area contributed by atoms with E-state index in [1.165, 1.54) is 0 Å². The van der Waals surface area contributed by atoms with Gasteiger partial charge < -0.3 is 19.3 Å². The first-order valence-corrected chi connectivity index (χ1v) is 11.8. The molecule has 0 N–H and O–H groups in total. The number of esters is 1. The van der Waals surface area contributed by atoms with Crippen molar-refractivity contribution in [3.05, 3.63) is 70.8 Å². The van der Waals surface area contributed by atoms with Crippen molar-refractivity contribution < 1.29 is 23.9 Å². The van der Waals surface area contributed by atoms with Crippen LogP contribution in [0.25, 0.3) is 0 Å². The minimum atomic E-state index is -0.354. The summed E-state index contributed by atoms with van der Waals surface area (Å²) in [5.41, 5.74) is 2.89. The zero-order valence-corrected chi connectivity index (χ0v) is 19.2. The van der Waals surface area contributed by atoms with E-state index in [1.807, 2.05) is 46.2 Å². The Bertz CT molecular complexity index is 1060. The van der Waals surface area contributed by atoms with Crippen LogP contribution in [0.2, 0.25) is 0 Å². The molecule has 0 radical (unpaired) electrons. The molecule has 2 amide bonds. The van der Waals surface area contributed by atoms with Gasteiger partial charge in [0.2, 0.25) is 5.91 Å². The van der Waals surface area contributed by atoms with Crippen molar-refractivity contribution in [2.45, 2.75) is 12.5 Å². The molecule has 0 aromatic heterocycles. The van der Waals surface area contributed by atoms with Crippen LogP contribution in [0.1, 0.15) is 37.9 Å². The fourth-order valence-electron chi connectivity index (χ4n) is 4.78. The first-order valence-electron chi connectivity index (χ1n) is 11.8. The van der Waals surface area contributed by atoms with E-state index in [0.717, 1.165) is 11.1 Å². The van der Waals surface area contributed by atoms with Gasteiger partial charge in [-0.15, -0.1) is 0 Å². The van der Waals surface area contributed by atoms with E-state index in [1.54, 1.807) is 12.1 Å². The smallest absolute Gasteiger partial charge is 0.339 e. The molecule has 2 saturated heterocycles. The Labute approximate surface area is 199 Å². The summed E-state index contributed by atoms with van der Waals surface area (Å²) in [5.74, 6) is -0.276. The Morgan fingerprint density at radius 3 is 2.35 bits per heavy atom. The highest BCUT2D eigenvalue weighted by Crippen LogP contribution is 2.31. The average Bonchev–Trinajstić information content (AvgIpc) is 2.89. The van der Waals surface area contributed by atoms with Gasteiger partial charge in [0.05, 0.1) is 25.3 Å². The lowest BCUT2D eigenvalue weighted by atomic mass is 9.93. The molecule has 0 saturated carbocycles. The molecule has 3 heterocycles. The fraction of sp³-hybridized carbons (Fsp3) is 0.423. The number of morpholine rings is 1. The number of benzene rings is 2. The molecule has 1 atom stereocenters. The number of nitrogens with zero attached hydrogens (tertiary/aromatic N) is 3. The van der Waals surface area contributed by atoms with Gasteiger partial charge in [-0.1, -0.05) is 30.3 Å². The number of piperazine rings is 1. The van der Waals surface area contributed by atoms with E-state index in [2.05, 4.69) is 4.90 Å². The number of carbonyl (C=O) groups is 3. The summed E-state index contributed by atoms with van der Waals surface area (Å²) in [6, 6.07) is 14.9. The fourth-order valence-corrected chi connectivity index (χ4v) is 4.78. The summed E-state index contributed by atoms with van der Waals surface area (Å²) >= 11 is 0. The van der Waals surface area contributed by atoms with Crippen molar-refractivity contribution in [2.75, 3.05) is 59.0 Å². The molecule has 8 nitrogen and oxygen atoms in total. The second-order valence-corrected chi connectivity index (χ2v) is 8.94. The minimum Gasteiger partial charge on any atom is -0.454 e. The molecule has 0 unspecified atom stereocenters. The molecule has 3 aliphatic heterocycles. The maximum Gasteiger partial charge on any atom is 0.339 e. The van der Waals surface area contributed by atoms with Crippen LogP contribution in [0.15, 0.2) is 48.5 Å². The van der Waals surface area contributed by atoms with Crippen LogP contribution >= 0.6 is 0 Å². The molecule has 2 aromatic carbocycles. The van der Waals surface area contributed by atoms with Gasteiger partial charge in [0, 0.05) is 51.3 Å². The predicted octanol–water partition coefficient (Wildman–Crippen LogP) is 1.76. The number of hydrogen-bond acceptors (Lipinski definition) is 6. The third-order valence-electron chi connectivity index (χ3n) is 6.78. The summed E-state index contributed by atoms with van der Waals surface area (Å²) < 4.78 is 10.9. The van der Waals surface area contributed by atoms with Crippen molar-refractivity contribution >= 4 is 17.8 Å². The monoisotopic (exact) mass is 463 g/mol.